The predicted octanol–water partition coefficient (Wildman–Crippen LogP) is 3.78. The third-order valence-corrected chi connectivity index (χ3v) is 3.90. The van der Waals surface area contributed by atoms with Crippen LogP contribution >= 0.6 is 11.3 Å². The first-order valence-electron chi connectivity index (χ1n) is 5.89. The van der Waals surface area contributed by atoms with Crippen LogP contribution in [0.5, 0.6) is 0 Å². The zero-order valence-corrected chi connectivity index (χ0v) is 11.7. The average molecular weight is 249 g/mol. The van der Waals surface area contributed by atoms with Crippen molar-refractivity contribution in [2.45, 2.75) is 32.6 Å². The van der Waals surface area contributed by atoms with Crippen LogP contribution in [0.3, 0.4) is 0 Å². The number of benzene rings is 1. The Labute approximate surface area is 107 Å². The lowest BCUT2D eigenvalue weighted by atomic mass is 9.87. The van der Waals surface area contributed by atoms with Gasteiger partial charge in [0.05, 0.1) is 21.8 Å². The summed E-state index contributed by atoms with van der Waals surface area (Å²) in [4.78, 5) is 4.61. The van der Waals surface area contributed by atoms with Crippen molar-refractivity contribution < 1.29 is 4.74 Å². The van der Waals surface area contributed by atoms with E-state index in [0.717, 1.165) is 23.6 Å². The van der Waals surface area contributed by atoms with E-state index in [1.165, 1.54) is 10.3 Å². The van der Waals surface area contributed by atoms with E-state index in [9.17, 15) is 0 Å². The molecule has 1 aromatic carbocycles. The highest BCUT2D eigenvalue weighted by atomic mass is 32.1. The number of methoxy groups -OCH3 is 1. The number of rotatable bonds is 3. The van der Waals surface area contributed by atoms with Crippen LogP contribution in [0.25, 0.3) is 10.2 Å². The Morgan fingerprint density at radius 3 is 2.71 bits per heavy atom. The number of thiazole rings is 1. The second-order valence-electron chi connectivity index (χ2n) is 5.28. The Morgan fingerprint density at radius 2 is 2.06 bits per heavy atom. The minimum absolute atomic E-state index is 0.199. The normalized spacial score (nSPS) is 12.2. The Morgan fingerprint density at radius 1 is 1.29 bits per heavy atom. The lowest BCUT2D eigenvalue weighted by Crippen LogP contribution is -2.10. The summed E-state index contributed by atoms with van der Waals surface area (Å²) < 4.78 is 6.37. The lowest BCUT2D eigenvalue weighted by Gasteiger charge is -2.18. The minimum Gasteiger partial charge on any atom is -0.384 e. The van der Waals surface area contributed by atoms with Gasteiger partial charge in [-0.1, -0.05) is 26.8 Å². The molecule has 17 heavy (non-hydrogen) atoms. The van der Waals surface area contributed by atoms with Gasteiger partial charge in [-0.2, -0.15) is 0 Å². The first-order valence-corrected chi connectivity index (χ1v) is 6.71. The van der Waals surface area contributed by atoms with E-state index in [1.54, 1.807) is 18.4 Å². The topological polar surface area (TPSA) is 22.1 Å². The summed E-state index contributed by atoms with van der Waals surface area (Å²) in [5.74, 6) is 0. The molecule has 1 aromatic heterocycles. The number of hydrogen-bond donors (Lipinski definition) is 0. The number of ether oxygens (including phenoxy) is 1. The Kier molecular flexibility index (Phi) is 3.50. The minimum atomic E-state index is 0.199. The molecule has 92 valence electrons. The van der Waals surface area contributed by atoms with Crippen molar-refractivity contribution in [1.29, 1.82) is 0 Å². The molecular formula is C14H19NOS. The highest BCUT2D eigenvalue weighted by molar-refractivity contribution is 7.18. The summed E-state index contributed by atoms with van der Waals surface area (Å²) in [5.41, 5.74) is 2.67. The molecule has 0 atom stereocenters. The molecule has 3 heteroatoms. The van der Waals surface area contributed by atoms with Gasteiger partial charge in [0, 0.05) is 13.5 Å². The number of hydrogen-bond acceptors (Lipinski definition) is 3. The van der Waals surface area contributed by atoms with Crippen LogP contribution in [-0.4, -0.2) is 18.7 Å². The maximum absolute atomic E-state index is 5.09. The van der Waals surface area contributed by atoms with Crippen molar-refractivity contribution in [3.63, 3.8) is 0 Å². The van der Waals surface area contributed by atoms with Crippen LogP contribution in [0.15, 0.2) is 18.2 Å². The summed E-state index contributed by atoms with van der Waals surface area (Å²) in [5, 5.41) is 1.16. The second-order valence-corrected chi connectivity index (χ2v) is 6.40. The molecule has 0 saturated heterocycles. The molecule has 0 bridgehead atoms. The lowest BCUT2D eigenvalue weighted by molar-refractivity contribution is 0.202. The van der Waals surface area contributed by atoms with E-state index in [1.807, 2.05) is 0 Å². The van der Waals surface area contributed by atoms with Gasteiger partial charge in [-0.25, -0.2) is 4.98 Å². The quantitative estimate of drug-likeness (QED) is 0.826. The summed E-state index contributed by atoms with van der Waals surface area (Å²) in [6.45, 7) is 7.45. The van der Waals surface area contributed by atoms with Gasteiger partial charge in [-0.15, -0.1) is 11.3 Å². The summed E-state index contributed by atoms with van der Waals surface area (Å²) in [6, 6.07) is 6.58. The molecule has 0 aliphatic carbocycles. The van der Waals surface area contributed by atoms with Gasteiger partial charge in [-0.3, -0.25) is 0 Å². The highest BCUT2D eigenvalue weighted by Crippen LogP contribution is 2.29. The van der Waals surface area contributed by atoms with Crippen LogP contribution in [-0.2, 0) is 16.6 Å². The summed E-state index contributed by atoms with van der Waals surface area (Å²) >= 11 is 1.78. The van der Waals surface area contributed by atoms with E-state index < -0.39 is 0 Å². The first kappa shape index (κ1) is 12.5. The van der Waals surface area contributed by atoms with E-state index in [-0.39, 0.29) is 5.41 Å². The zero-order valence-electron chi connectivity index (χ0n) is 10.9. The predicted molar refractivity (Wildman–Crippen MR) is 73.9 cm³/mol. The number of fused-ring (bicyclic) bond motifs is 1. The number of nitrogens with zero attached hydrogens (tertiary/aromatic N) is 1. The standard InChI is InChI=1S/C14H19NOS/c1-14(2,3)10-5-6-11-12(9-10)17-13(15-11)7-8-16-4/h5-6,9H,7-8H2,1-4H3. The molecule has 1 heterocycles. The Balaban J connectivity index is 2.34. The summed E-state index contributed by atoms with van der Waals surface area (Å²) in [7, 11) is 1.73. The van der Waals surface area contributed by atoms with Gasteiger partial charge in [0.1, 0.15) is 0 Å². The van der Waals surface area contributed by atoms with Gasteiger partial charge in [0.2, 0.25) is 0 Å². The molecule has 0 unspecified atom stereocenters. The molecular weight excluding hydrogens is 230 g/mol. The fourth-order valence-corrected chi connectivity index (χ4v) is 2.72. The van der Waals surface area contributed by atoms with Crippen LogP contribution in [0.4, 0.5) is 0 Å². The van der Waals surface area contributed by atoms with Crippen molar-refractivity contribution in [1.82, 2.24) is 4.98 Å². The van der Waals surface area contributed by atoms with Crippen LogP contribution in [0, 0.1) is 0 Å². The average Bonchev–Trinajstić information content (AvgIpc) is 2.66. The molecule has 0 spiro atoms. The van der Waals surface area contributed by atoms with E-state index >= 15 is 0 Å². The molecule has 0 N–H and O–H groups in total. The van der Waals surface area contributed by atoms with Gasteiger partial charge in [0.25, 0.3) is 0 Å². The fourth-order valence-electron chi connectivity index (χ4n) is 1.74. The molecule has 0 fully saturated rings. The number of aromatic nitrogens is 1. The Hall–Kier alpha value is -0.930. The third kappa shape index (κ3) is 2.85. The van der Waals surface area contributed by atoms with Gasteiger partial charge >= 0.3 is 0 Å². The van der Waals surface area contributed by atoms with Crippen LogP contribution < -0.4 is 0 Å². The van der Waals surface area contributed by atoms with Crippen molar-refractivity contribution >= 4 is 21.6 Å². The second kappa shape index (κ2) is 4.75. The van der Waals surface area contributed by atoms with E-state index in [2.05, 4.69) is 44.0 Å². The smallest absolute Gasteiger partial charge is 0.0961 e. The maximum atomic E-state index is 5.09. The summed E-state index contributed by atoms with van der Waals surface area (Å²) in [6.07, 6.45) is 0.903. The zero-order chi connectivity index (χ0) is 12.5. The van der Waals surface area contributed by atoms with Gasteiger partial charge in [0.15, 0.2) is 0 Å². The van der Waals surface area contributed by atoms with E-state index in [4.69, 9.17) is 4.74 Å². The largest absolute Gasteiger partial charge is 0.384 e. The molecule has 2 rings (SSSR count). The van der Waals surface area contributed by atoms with Gasteiger partial charge < -0.3 is 4.74 Å². The fraction of sp³-hybridized carbons (Fsp3) is 0.500. The molecule has 2 nitrogen and oxygen atoms in total. The van der Waals surface area contributed by atoms with Crippen LogP contribution in [0.2, 0.25) is 0 Å². The van der Waals surface area contributed by atoms with Crippen LogP contribution in [0.1, 0.15) is 31.3 Å². The molecule has 0 aliphatic rings. The molecule has 0 saturated carbocycles. The van der Waals surface area contributed by atoms with Crippen molar-refractivity contribution in [2.75, 3.05) is 13.7 Å². The molecule has 0 radical (unpaired) electrons. The highest BCUT2D eigenvalue weighted by Gasteiger charge is 2.14. The SMILES string of the molecule is COCCc1nc2ccc(C(C)(C)C)cc2s1. The Bertz CT molecular complexity index is 510. The van der Waals surface area contributed by atoms with Gasteiger partial charge in [-0.05, 0) is 23.1 Å². The first-order chi connectivity index (χ1) is 8.00. The van der Waals surface area contributed by atoms with Crippen molar-refractivity contribution in [3.8, 4) is 0 Å². The molecule has 0 aliphatic heterocycles. The molecule has 0 amide bonds. The van der Waals surface area contributed by atoms with Crippen molar-refractivity contribution in [3.05, 3.63) is 28.8 Å². The monoisotopic (exact) mass is 249 g/mol. The maximum Gasteiger partial charge on any atom is 0.0961 e. The molecule has 2 aromatic rings. The third-order valence-electron chi connectivity index (χ3n) is 2.82. The van der Waals surface area contributed by atoms with Crippen molar-refractivity contribution in [2.24, 2.45) is 0 Å². The van der Waals surface area contributed by atoms with E-state index in [0.29, 0.717) is 0 Å².